The van der Waals surface area contributed by atoms with E-state index >= 15 is 0 Å². The molecule has 168 valence electrons. The molecule has 0 heterocycles. The van der Waals surface area contributed by atoms with Gasteiger partial charge in [0.15, 0.2) is 0 Å². The van der Waals surface area contributed by atoms with E-state index < -0.39 is 0 Å². The summed E-state index contributed by atoms with van der Waals surface area (Å²) in [6, 6.07) is 28.3. The SMILES string of the molecule is CC(=O)Oc1ccc(O)cc1.Cc1cccc(N(C)C(=S)Oc2ccc3ccccc3c2)c1. The van der Waals surface area contributed by atoms with E-state index in [1.807, 2.05) is 54.4 Å². The number of esters is 1. The zero-order valence-electron chi connectivity index (χ0n) is 18.7. The molecule has 4 aromatic carbocycles. The number of ether oxygens (including phenoxy) is 2. The molecule has 0 unspecified atom stereocenters. The maximum Gasteiger partial charge on any atom is 0.308 e. The quantitative estimate of drug-likeness (QED) is 0.221. The van der Waals surface area contributed by atoms with Crippen LogP contribution in [0.4, 0.5) is 5.69 Å². The first kappa shape index (κ1) is 23.8. The maximum absolute atomic E-state index is 10.4. The molecule has 0 spiro atoms. The van der Waals surface area contributed by atoms with Crippen LogP contribution in [-0.2, 0) is 4.79 Å². The van der Waals surface area contributed by atoms with Crippen molar-refractivity contribution in [2.24, 2.45) is 0 Å². The summed E-state index contributed by atoms with van der Waals surface area (Å²) >= 11 is 5.41. The fourth-order valence-electron chi connectivity index (χ4n) is 3.02. The van der Waals surface area contributed by atoms with E-state index in [0.29, 0.717) is 10.9 Å². The summed E-state index contributed by atoms with van der Waals surface area (Å²) in [6.07, 6.45) is 0. The van der Waals surface area contributed by atoms with Crippen molar-refractivity contribution < 1.29 is 19.4 Å². The highest BCUT2D eigenvalue weighted by molar-refractivity contribution is 7.80. The number of benzene rings is 4. The molecule has 5 nitrogen and oxygen atoms in total. The van der Waals surface area contributed by atoms with Crippen molar-refractivity contribution in [3.05, 3.63) is 96.6 Å². The smallest absolute Gasteiger partial charge is 0.308 e. The molecule has 0 radical (unpaired) electrons. The molecule has 0 aromatic heterocycles. The predicted octanol–water partition coefficient (Wildman–Crippen LogP) is 6.27. The van der Waals surface area contributed by atoms with Gasteiger partial charge in [-0.25, -0.2) is 0 Å². The number of anilines is 1. The number of hydrogen-bond donors (Lipinski definition) is 1. The topological polar surface area (TPSA) is 59.0 Å². The summed E-state index contributed by atoms with van der Waals surface area (Å²) in [5, 5.41) is 11.6. The summed E-state index contributed by atoms with van der Waals surface area (Å²) < 4.78 is 10.6. The summed E-state index contributed by atoms with van der Waals surface area (Å²) in [4.78, 5) is 12.3. The number of rotatable bonds is 3. The molecule has 0 bridgehead atoms. The van der Waals surface area contributed by atoms with Crippen LogP contribution in [0.15, 0.2) is 91.0 Å². The Kier molecular flexibility index (Phi) is 8.00. The Morgan fingerprint density at radius 2 is 1.48 bits per heavy atom. The van der Waals surface area contributed by atoms with Crippen molar-refractivity contribution in [1.82, 2.24) is 0 Å². The van der Waals surface area contributed by atoms with Gasteiger partial charge in [0.1, 0.15) is 17.2 Å². The van der Waals surface area contributed by atoms with Crippen LogP contribution in [0.3, 0.4) is 0 Å². The number of thiocarbonyl (C=S) groups is 1. The number of nitrogens with zero attached hydrogens (tertiary/aromatic N) is 1. The van der Waals surface area contributed by atoms with Gasteiger partial charge in [-0.2, -0.15) is 0 Å². The van der Waals surface area contributed by atoms with Gasteiger partial charge in [-0.3, -0.25) is 4.79 Å². The standard InChI is InChI=1S/C19H17NOS.C8H8O3/c1-14-6-5-9-17(12-14)20(2)19(22)21-18-11-10-15-7-3-4-8-16(15)13-18;1-6(9)11-8-4-2-7(10)3-5-8/h3-13H,1-2H3;2-5,10H,1H3. The molecule has 0 aliphatic rings. The van der Waals surface area contributed by atoms with Gasteiger partial charge >= 0.3 is 5.97 Å². The highest BCUT2D eigenvalue weighted by atomic mass is 32.1. The van der Waals surface area contributed by atoms with Crippen LogP contribution in [0.5, 0.6) is 17.2 Å². The van der Waals surface area contributed by atoms with E-state index in [9.17, 15) is 4.79 Å². The molecule has 0 aliphatic heterocycles. The van der Waals surface area contributed by atoms with Crippen LogP contribution < -0.4 is 14.4 Å². The fourth-order valence-corrected chi connectivity index (χ4v) is 3.22. The number of aryl methyl sites for hydroxylation is 1. The maximum atomic E-state index is 10.4. The van der Waals surface area contributed by atoms with Crippen molar-refractivity contribution >= 4 is 39.8 Å². The Hall–Kier alpha value is -3.90. The van der Waals surface area contributed by atoms with Crippen LogP contribution in [0.1, 0.15) is 12.5 Å². The van der Waals surface area contributed by atoms with E-state index in [1.165, 1.54) is 42.1 Å². The lowest BCUT2D eigenvalue weighted by Gasteiger charge is -2.20. The third-order valence-corrected chi connectivity index (χ3v) is 5.04. The number of fused-ring (bicyclic) bond motifs is 1. The molecule has 6 heteroatoms. The molecule has 0 aliphatic carbocycles. The lowest BCUT2D eigenvalue weighted by atomic mass is 10.1. The van der Waals surface area contributed by atoms with E-state index in [2.05, 4.69) is 31.2 Å². The lowest BCUT2D eigenvalue weighted by Crippen LogP contribution is -2.29. The Balaban J connectivity index is 0.000000235. The van der Waals surface area contributed by atoms with E-state index in [0.717, 1.165) is 16.8 Å². The summed E-state index contributed by atoms with van der Waals surface area (Å²) in [5.74, 6) is 0.982. The van der Waals surface area contributed by atoms with Gasteiger partial charge < -0.3 is 19.5 Å². The van der Waals surface area contributed by atoms with Crippen molar-refractivity contribution in [1.29, 1.82) is 0 Å². The molecule has 4 rings (SSSR count). The van der Waals surface area contributed by atoms with Gasteiger partial charge in [-0.1, -0.05) is 42.5 Å². The lowest BCUT2D eigenvalue weighted by molar-refractivity contribution is -0.131. The Labute approximate surface area is 198 Å². The van der Waals surface area contributed by atoms with E-state index in [4.69, 9.17) is 26.8 Å². The van der Waals surface area contributed by atoms with Crippen molar-refractivity contribution in [2.45, 2.75) is 13.8 Å². The second kappa shape index (κ2) is 11.1. The number of aromatic hydroxyl groups is 1. The number of phenolic OH excluding ortho intramolecular Hbond substituents is 1. The first-order valence-corrected chi connectivity index (χ1v) is 10.7. The van der Waals surface area contributed by atoms with Crippen LogP contribution in [0.2, 0.25) is 0 Å². The van der Waals surface area contributed by atoms with Gasteiger partial charge in [0.2, 0.25) is 0 Å². The van der Waals surface area contributed by atoms with Gasteiger partial charge in [0, 0.05) is 19.7 Å². The number of carbonyl (C=O) groups is 1. The zero-order valence-corrected chi connectivity index (χ0v) is 19.5. The number of carbonyl (C=O) groups excluding carboxylic acids is 1. The Bertz CT molecular complexity index is 1250. The molecule has 0 saturated heterocycles. The molecule has 4 aromatic rings. The molecular formula is C27H25NO4S. The highest BCUT2D eigenvalue weighted by Crippen LogP contribution is 2.22. The van der Waals surface area contributed by atoms with Gasteiger partial charge in [-0.05, 0) is 84.0 Å². The molecule has 0 fully saturated rings. The van der Waals surface area contributed by atoms with Gasteiger partial charge in [-0.15, -0.1) is 0 Å². The summed E-state index contributed by atoms with van der Waals surface area (Å²) in [5.41, 5.74) is 2.21. The largest absolute Gasteiger partial charge is 0.508 e. The van der Waals surface area contributed by atoms with Gasteiger partial charge in [0.25, 0.3) is 5.17 Å². The number of hydrogen-bond acceptors (Lipinski definition) is 5. The first-order chi connectivity index (χ1) is 15.8. The summed E-state index contributed by atoms with van der Waals surface area (Å²) in [7, 11) is 1.91. The number of phenols is 1. The normalized spacial score (nSPS) is 10.0. The van der Waals surface area contributed by atoms with E-state index in [-0.39, 0.29) is 11.7 Å². The fraction of sp³-hybridized carbons (Fsp3) is 0.111. The Morgan fingerprint density at radius 3 is 2.15 bits per heavy atom. The first-order valence-electron chi connectivity index (χ1n) is 10.3. The van der Waals surface area contributed by atoms with Crippen molar-refractivity contribution in [3.63, 3.8) is 0 Å². The minimum Gasteiger partial charge on any atom is -0.508 e. The van der Waals surface area contributed by atoms with Crippen LogP contribution in [0.25, 0.3) is 10.8 Å². The monoisotopic (exact) mass is 459 g/mol. The molecule has 0 saturated carbocycles. The average Bonchev–Trinajstić information content (AvgIpc) is 2.80. The molecular weight excluding hydrogens is 434 g/mol. The van der Waals surface area contributed by atoms with E-state index in [1.54, 1.807) is 0 Å². The van der Waals surface area contributed by atoms with Crippen LogP contribution in [-0.4, -0.2) is 23.3 Å². The Morgan fingerprint density at radius 1 is 0.818 bits per heavy atom. The minimum atomic E-state index is -0.365. The van der Waals surface area contributed by atoms with Crippen LogP contribution in [0, 0.1) is 6.92 Å². The van der Waals surface area contributed by atoms with Crippen molar-refractivity contribution in [2.75, 3.05) is 11.9 Å². The van der Waals surface area contributed by atoms with Gasteiger partial charge in [0.05, 0.1) is 0 Å². The van der Waals surface area contributed by atoms with Crippen molar-refractivity contribution in [3.8, 4) is 17.2 Å². The summed E-state index contributed by atoms with van der Waals surface area (Å²) in [6.45, 7) is 3.39. The highest BCUT2D eigenvalue weighted by Gasteiger charge is 2.10. The molecule has 1 N–H and O–H groups in total. The zero-order chi connectivity index (χ0) is 23.8. The van der Waals surface area contributed by atoms with Crippen LogP contribution >= 0.6 is 12.2 Å². The third-order valence-electron chi connectivity index (χ3n) is 4.69. The third kappa shape index (κ3) is 7.05. The molecule has 0 amide bonds. The molecule has 33 heavy (non-hydrogen) atoms. The average molecular weight is 460 g/mol. The second-order valence-electron chi connectivity index (χ2n) is 7.36. The molecule has 0 atom stereocenters. The minimum absolute atomic E-state index is 0.154. The predicted molar refractivity (Wildman–Crippen MR) is 136 cm³/mol. The second-order valence-corrected chi connectivity index (χ2v) is 7.71.